The first-order valence-electron chi connectivity index (χ1n) is 6.96. The molecule has 0 aromatic heterocycles. The highest BCUT2D eigenvalue weighted by molar-refractivity contribution is 9.10. The van der Waals surface area contributed by atoms with Crippen LogP contribution in [0.25, 0.3) is 0 Å². The van der Waals surface area contributed by atoms with Gasteiger partial charge in [0.1, 0.15) is 5.82 Å². The number of aliphatic carboxylic acids is 1. The molecule has 1 N–H and O–H groups in total. The first-order valence-corrected chi connectivity index (χ1v) is 7.75. The zero-order valence-corrected chi connectivity index (χ0v) is 12.9. The van der Waals surface area contributed by atoms with Gasteiger partial charge in [0.05, 0.1) is 11.8 Å². The molecule has 0 bridgehead atoms. The van der Waals surface area contributed by atoms with E-state index >= 15 is 0 Å². The van der Waals surface area contributed by atoms with Crippen molar-refractivity contribution in [2.45, 2.75) is 25.8 Å². The average molecular weight is 356 g/mol. The molecule has 2 aliphatic rings. The van der Waals surface area contributed by atoms with E-state index in [0.29, 0.717) is 31.4 Å². The van der Waals surface area contributed by atoms with Gasteiger partial charge in [-0.2, -0.15) is 0 Å². The first kappa shape index (κ1) is 14.5. The Labute approximate surface area is 130 Å². The fourth-order valence-corrected chi connectivity index (χ4v) is 3.68. The fraction of sp³-hybridized carbons (Fsp3) is 0.467. The Hall–Kier alpha value is -1.43. The van der Waals surface area contributed by atoms with E-state index in [2.05, 4.69) is 15.9 Å². The maximum Gasteiger partial charge on any atom is 0.307 e. The Bertz CT molecular complexity index is 619. The molecule has 0 spiro atoms. The summed E-state index contributed by atoms with van der Waals surface area (Å²) in [5.41, 5.74) is 1.44. The van der Waals surface area contributed by atoms with E-state index in [4.69, 9.17) is 5.11 Å². The van der Waals surface area contributed by atoms with Crippen LogP contribution in [-0.4, -0.2) is 28.4 Å². The molecule has 0 radical (unpaired) electrons. The van der Waals surface area contributed by atoms with Crippen LogP contribution >= 0.6 is 15.9 Å². The van der Waals surface area contributed by atoms with Gasteiger partial charge in [-0.15, -0.1) is 0 Å². The van der Waals surface area contributed by atoms with Crippen molar-refractivity contribution in [2.75, 3.05) is 6.54 Å². The quantitative estimate of drug-likeness (QED) is 0.886. The number of fused-ring (bicyclic) bond motifs is 1. The number of carbonyl (C=O) groups is 2. The van der Waals surface area contributed by atoms with Gasteiger partial charge in [-0.1, -0.05) is 15.9 Å². The summed E-state index contributed by atoms with van der Waals surface area (Å²) in [6.07, 6.45) is 1.75. The number of carboxylic acid groups (broad SMARTS) is 1. The van der Waals surface area contributed by atoms with Crippen molar-refractivity contribution in [1.29, 1.82) is 0 Å². The second kappa shape index (κ2) is 5.40. The lowest BCUT2D eigenvalue weighted by Crippen LogP contribution is -2.47. The molecule has 1 aromatic carbocycles. The van der Waals surface area contributed by atoms with Gasteiger partial charge in [-0.3, -0.25) is 9.59 Å². The van der Waals surface area contributed by atoms with E-state index < -0.39 is 17.8 Å². The van der Waals surface area contributed by atoms with Crippen LogP contribution in [0.5, 0.6) is 0 Å². The topological polar surface area (TPSA) is 57.6 Å². The van der Waals surface area contributed by atoms with Crippen molar-refractivity contribution in [2.24, 2.45) is 11.8 Å². The molecule has 3 rings (SSSR count). The summed E-state index contributed by atoms with van der Waals surface area (Å²) in [4.78, 5) is 25.1. The molecule has 1 heterocycles. The second-order valence-corrected chi connectivity index (χ2v) is 6.48. The zero-order chi connectivity index (χ0) is 15.1. The van der Waals surface area contributed by atoms with Crippen LogP contribution < -0.4 is 0 Å². The summed E-state index contributed by atoms with van der Waals surface area (Å²) < 4.78 is 14.8. The molecule has 1 fully saturated rings. The van der Waals surface area contributed by atoms with E-state index in [0.717, 1.165) is 10.0 Å². The minimum atomic E-state index is -0.911. The van der Waals surface area contributed by atoms with Crippen LogP contribution in [0.3, 0.4) is 0 Å². The maximum absolute atomic E-state index is 13.9. The number of benzene rings is 1. The predicted octanol–water partition coefficient (Wildman–Crippen LogP) is 2.58. The molecule has 2 atom stereocenters. The molecule has 1 aromatic rings. The van der Waals surface area contributed by atoms with Crippen LogP contribution in [0.1, 0.15) is 24.0 Å². The molecule has 1 aliphatic heterocycles. The normalized spacial score (nSPS) is 24.2. The third-order valence-electron chi connectivity index (χ3n) is 4.52. The molecule has 1 aliphatic carbocycles. The van der Waals surface area contributed by atoms with Crippen LogP contribution in [0, 0.1) is 17.7 Å². The van der Waals surface area contributed by atoms with Gasteiger partial charge in [0.25, 0.3) is 0 Å². The Balaban J connectivity index is 1.79. The van der Waals surface area contributed by atoms with Gasteiger partial charge < -0.3 is 10.0 Å². The van der Waals surface area contributed by atoms with Gasteiger partial charge in [0, 0.05) is 23.1 Å². The molecular formula is C15H15BrFNO3. The standard InChI is InChI=1S/C15H15BrFNO3/c16-12-3-4-13(17)11-7-18(6-5-8(11)12)14(19)9-1-2-10(9)15(20)21/h3-4,9-10H,1-2,5-7H2,(H,20,21). The van der Waals surface area contributed by atoms with Crippen LogP contribution in [0.2, 0.25) is 0 Å². The molecule has 1 amide bonds. The molecule has 6 heteroatoms. The van der Waals surface area contributed by atoms with Crippen LogP contribution in [0.4, 0.5) is 4.39 Å². The summed E-state index contributed by atoms with van der Waals surface area (Å²) in [5, 5.41) is 9.05. The second-order valence-electron chi connectivity index (χ2n) is 5.62. The lowest BCUT2D eigenvalue weighted by Gasteiger charge is -2.38. The summed E-state index contributed by atoms with van der Waals surface area (Å²) in [6, 6.07) is 3.07. The highest BCUT2D eigenvalue weighted by Gasteiger charge is 2.43. The lowest BCUT2D eigenvalue weighted by atomic mass is 9.72. The maximum atomic E-state index is 13.9. The van der Waals surface area contributed by atoms with Gasteiger partial charge >= 0.3 is 5.97 Å². The number of rotatable bonds is 2. The number of amides is 1. The minimum absolute atomic E-state index is 0.154. The van der Waals surface area contributed by atoms with Crippen molar-refractivity contribution in [1.82, 2.24) is 4.90 Å². The SMILES string of the molecule is O=C(O)C1CCC1C(=O)N1CCc2c(Br)ccc(F)c2C1. The highest BCUT2D eigenvalue weighted by atomic mass is 79.9. The van der Waals surface area contributed by atoms with Crippen molar-refractivity contribution >= 4 is 27.8 Å². The Morgan fingerprint density at radius 2 is 1.95 bits per heavy atom. The van der Waals surface area contributed by atoms with Crippen molar-refractivity contribution in [3.8, 4) is 0 Å². The van der Waals surface area contributed by atoms with Gasteiger partial charge in [-0.05, 0) is 37.0 Å². The van der Waals surface area contributed by atoms with E-state index in [1.165, 1.54) is 6.07 Å². The number of carboxylic acids is 1. The van der Waals surface area contributed by atoms with Gasteiger partial charge in [-0.25, -0.2) is 4.39 Å². The Kier molecular flexibility index (Phi) is 3.73. The molecule has 1 saturated carbocycles. The minimum Gasteiger partial charge on any atom is -0.481 e. The van der Waals surface area contributed by atoms with Crippen molar-refractivity contribution < 1.29 is 19.1 Å². The number of halogens is 2. The number of nitrogens with zero attached hydrogens (tertiary/aromatic N) is 1. The van der Waals surface area contributed by atoms with Gasteiger partial charge in [0.15, 0.2) is 0 Å². The average Bonchev–Trinajstić information content (AvgIpc) is 2.40. The third kappa shape index (κ3) is 2.46. The van der Waals surface area contributed by atoms with Crippen molar-refractivity contribution in [3.63, 3.8) is 0 Å². The van der Waals surface area contributed by atoms with Crippen LogP contribution in [-0.2, 0) is 22.6 Å². The molecule has 21 heavy (non-hydrogen) atoms. The van der Waals surface area contributed by atoms with Gasteiger partial charge in [0.2, 0.25) is 5.91 Å². The smallest absolute Gasteiger partial charge is 0.307 e. The summed E-state index contributed by atoms with van der Waals surface area (Å²) in [5.74, 6) is -2.40. The van der Waals surface area contributed by atoms with E-state index in [-0.39, 0.29) is 18.3 Å². The number of hydrogen-bond acceptors (Lipinski definition) is 2. The Morgan fingerprint density at radius 3 is 2.57 bits per heavy atom. The summed E-state index contributed by atoms with van der Waals surface area (Å²) in [7, 11) is 0. The molecule has 4 nitrogen and oxygen atoms in total. The lowest BCUT2D eigenvalue weighted by molar-refractivity contribution is -0.157. The zero-order valence-electron chi connectivity index (χ0n) is 11.3. The van der Waals surface area contributed by atoms with E-state index in [1.807, 2.05) is 0 Å². The summed E-state index contributed by atoms with van der Waals surface area (Å²) in [6.45, 7) is 0.735. The van der Waals surface area contributed by atoms with E-state index in [9.17, 15) is 14.0 Å². The molecule has 0 saturated heterocycles. The van der Waals surface area contributed by atoms with Crippen LogP contribution in [0.15, 0.2) is 16.6 Å². The largest absolute Gasteiger partial charge is 0.481 e. The number of carbonyl (C=O) groups excluding carboxylic acids is 1. The monoisotopic (exact) mass is 355 g/mol. The highest BCUT2D eigenvalue weighted by Crippen LogP contribution is 2.37. The molecular weight excluding hydrogens is 341 g/mol. The third-order valence-corrected chi connectivity index (χ3v) is 5.26. The van der Waals surface area contributed by atoms with E-state index in [1.54, 1.807) is 11.0 Å². The molecule has 112 valence electrons. The Morgan fingerprint density at radius 1 is 1.24 bits per heavy atom. The molecule has 2 unspecified atom stereocenters. The summed E-state index contributed by atoms with van der Waals surface area (Å²) >= 11 is 3.41. The fourth-order valence-electron chi connectivity index (χ4n) is 3.11. The first-order chi connectivity index (χ1) is 9.99. The number of hydrogen-bond donors (Lipinski definition) is 1. The predicted molar refractivity (Wildman–Crippen MR) is 77.1 cm³/mol. The van der Waals surface area contributed by atoms with Crippen molar-refractivity contribution in [3.05, 3.63) is 33.5 Å².